The van der Waals surface area contributed by atoms with Crippen molar-refractivity contribution in [3.63, 3.8) is 0 Å². The number of nitrogens with zero attached hydrogens (tertiary/aromatic N) is 1. The standard InChI is InChI=1S/C15H28N2O4/c1-11-10-21-12(9-18)8-17(11)13(19)6-5-7-16-14(20)15(2,3)4/h11-12,18H,5-10H2,1-4H3,(H,16,20). The highest BCUT2D eigenvalue weighted by Crippen LogP contribution is 2.14. The van der Waals surface area contributed by atoms with E-state index in [1.54, 1.807) is 4.90 Å². The third-order valence-electron chi connectivity index (χ3n) is 3.56. The summed E-state index contributed by atoms with van der Waals surface area (Å²) >= 11 is 0. The van der Waals surface area contributed by atoms with Crippen molar-refractivity contribution >= 4 is 11.8 Å². The summed E-state index contributed by atoms with van der Waals surface area (Å²) in [7, 11) is 0. The molecule has 2 N–H and O–H groups in total. The van der Waals surface area contributed by atoms with Crippen molar-refractivity contribution in [3.05, 3.63) is 0 Å². The van der Waals surface area contributed by atoms with Gasteiger partial charge < -0.3 is 20.1 Å². The molecule has 0 aromatic rings. The zero-order valence-corrected chi connectivity index (χ0v) is 13.5. The molecule has 1 heterocycles. The van der Waals surface area contributed by atoms with Crippen LogP contribution in [0.2, 0.25) is 0 Å². The van der Waals surface area contributed by atoms with E-state index >= 15 is 0 Å². The average Bonchev–Trinajstić information content (AvgIpc) is 2.42. The van der Waals surface area contributed by atoms with E-state index in [4.69, 9.17) is 9.84 Å². The summed E-state index contributed by atoms with van der Waals surface area (Å²) in [5, 5.41) is 12.0. The lowest BCUT2D eigenvalue weighted by atomic mass is 9.96. The first-order chi connectivity index (χ1) is 9.75. The largest absolute Gasteiger partial charge is 0.394 e. The van der Waals surface area contributed by atoms with E-state index in [0.717, 1.165) is 0 Å². The van der Waals surface area contributed by atoms with Gasteiger partial charge in [-0.1, -0.05) is 20.8 Å². The number of ether oxygens (including phenoxy) is 1. The van der Waals surface area contributed by atoms with Gasteiger partial charge >= 0.3 is 0 Å². The molecule has 0 spiro atoms. The van der Waals surface area contributed by atoms with Crippen LogP contribution in [-0.2, 0) is 14.3 Å². The van der Waals surface area contributed by atoms with Gasteiger partial charge in [0.05, 0.1) is 25.4 Å². The average molecular weight is 300 g/mol. The first kappa shape index (κ1) is 17.9. The van der Waals surface area contributed by atoms with Crippen LogP contribution in [0.3, 0.4) is 0 Å². The SMILES string of the molecule is CC1COC(CO)CN1C(=O)CCCNC(=O)C(C)(C)C. The number of carbonyl (C=O) groups is 2. The lowest BCUT2D eigenvalue weighted by Gasteiger charge is -2.37. The molecule has 122 valence electrons. The van der Waals surface area contributed by atoms with Crippen molar-refractivity contribution in [2.75, 3.05) is 26.3 Å². The number of morpholine rings is 1. The van der Waals surface area contributed by atoms with Gasteiger partial charge in [0.2, 0.25) is 11.8 Å². The molecule has 0 aromatic carbocycles. The molecular formula is C15H28N2O4. The van der Waals surface area contributed by atoms with Gasteiger partial charge in [0.25, 0.3) is 0 Å². The van der Waals surface area contributed by atoms with E-state index < -0.39 is 5.41 Å². The highest BCUT2D eigenvalue weighted by atomic mass is 16.5. The third kappa shape index (κ3) is 5.63. The van der Waals surface area contributed by atoms with Gasteiger partial charge in [-0.3, -0.25) is 9.59 Å². The van der Waals surface area contributed by atoms with Crippen LogP contribution in [-0.4, -0.2) is 60.3 Å². The summed E-state index contributed by atoms with van der Waals surface area (Å²) in [5.41, 5.74) is -0.406. The molecule has 2 atom stereocenters. The van der Waals surface area contributed by atoms with E-state index in [9.17, 15) is 9.59 Å². The number of hydrogen-bond acceptors (Lipinski definition) is 4. The second kappa shape index (κ2) is 7.75. The first-order valence-electron chi connectivity index (χ1n) is 7.56. The number of amides is 2. The van der Waals surface area contributed by atoms with Crippen molar-refractivity contribution in [1.82, 2.24) is 10.2 Å². The number of rotatable bonds is 5. The molecule has 0 radical (unpaired) electrons. The number of aliphatic hydroxyl groups excluding tert-OH is 1. The molecule has 21 heavy (non-hydrogen) atoms. The molecule has 1 fully saturated rings. The summed E-state index contributed by atoms with van der Waals surface area (Å²) in [4.78, 5) is 25.6. The predicted molar refractivity (Wildman–Crippen MR) is 79.7 cm³/mol. The van der Waals surface area contributed by atoms with Crippen molar-refractivity contribution in [3.8, 4) is 0 Å². The fourth-order valence-corrected chi connectivity index (χ4v) is 2.13. The fourth-order valence-electron chi connectivity index (χ4n) is 2.13. The highest BCUT2D eigenvalue weighted by molar-refractivity contribution is 5.81. The van der Waals surface area contributed by atoms with Gasteiger partial charge in [-0.25, -0.2) is 0 Å². The Morgan fingerprint density at radius 1 is 1.38 bits per heavy atom. The van der Waals surface area contributed by atoms with Gasteiger partial charge in [0, 0.05) is 24.9 Å². The maximum atomic E-state index is 12.2. The summed E-state index contributed by atoms with van der Waals surface area (Å²) in [5.74, 6) is 0.0456. The van der Waals surface area contributed by atoms with E-state index in [1.165, 1.54) is 0 Å². The lowest BCUT2D eigenvalue weighted by molar-refractivity contribution is -0.146. The Labute approximate surface area is 126 Å². The van der Waals surface area contributed by atoms with Crippen LogP contribution >= 0.6 is 0 Å². The van der Waals surface area contributed by atoms with E-state index in [0.29, 0.717) is 32.5 Å². The minimum Gasteiger partial charge on any atom is -0.394 e. The van der Waals surface area contributed by atoms with Crippen LogP contribution in [0, 0.1) is 5.41 Å². The minimum atomic E-state index is -0.406. The molecule has 6 heteroatoms. The smallest absolute Gasteiger partial charge is 0.225 e. The number of hydrogen-bond donors (Lipinski definition) is 2. The van der Waals surface area contributed by atoms with Crippen LogP contribution < -0.4 is 5.32 Å². The molecule has 1 aliphatic rings. The molecule has 0 saturated carbocycles. The zero-order chi connectivity index (χ0) is 16.0. The topological polar surface area (TPSA) is 78.9 Å². The Morgan fingerprint density at radius 2 is 2.05 bits per heavy atom. The van der Waals surface area contributed by atoms with Gasteiger partial charge in [-0.05, 0) is 13.3 Å². The van der Waals surface area contributed by atoms with Crippen molar-refractivity contribution in [1.29, 1.82) is 0 Å². The van der Waals surface area contributed by atoms with Crippen molar-refractivity contribution in [2.24, 2.45) is 5.41 Å². The molecule has 1 rings (SSSR count). The Morgan fingerprint density at radius 3 is 2.62 bits per heavy atom. The van der Waals surface area contributed by atoms with Crippen LogP contribution in [0.25, 0.3) is 0 Å². The summed E-state index contributed by atoms with van der Waals surface area (Å²) in [6.45, 7) is 8.84. The van der Waals surface area contributed by atoms with E-state index in [1.807, 2.05) is 27.7 Å². The van der Waals surface area contributed by atoms with Crippen molar-refractivity contribution < 1.29 is 19.4 Å². The van der Waals surface area contributed by atoms with Crippen LogP contribution in [0.1, 0.15) is 40.5 Å². The predicted octanol–water partition coefficient (Wildman–Crippen LogP) is 0.537. The monoisotopic (exact) mass is 300 g/mol. The van der Waals surface area contributed by atoms with E-state index in [2.05, 4.69) is 5.32 Å². The van der Waals surface area contributed by atoms with Gasteiger partial charge in [-0.2, -0.15) is 0 Å². The first-order valence-corrected chi connectivity index (χ1v) is 7.56. The maximum Gasteiger partial charge on any atom is 0.225 e. The molecule has 1 aliphatic heterocycles. The quantitative estimate of drug-likeness (QED) is 0.726. The van der Waals surface area contributed by atoms with Gasteiger partial charge in [0.15, 0.2) is 0 Å². The molecule has 2 unspecified atom stereocenters. The number of nitrogens with one attached hydrogen (secondary N) is 1. The van der Waals surface area contributed by atoms with Crippen LogP contribution in [0.15, 0.2) is 0 Å². The van der Waals surface area contributed by atoms with Crippen molar-refractivity contribution in [2.45, 2.75) is 52.7 Å². The number of aliphatic hydroxyl groups is 1. The molecule has 1 saturated heterocycles. The molecule has 0 aromatic heterocycles. The normalized spacial score (nSPS) is 23.0. The Kier molecular flexibility index (Phi) is 6.61. The Hall–Kier alpha value is -1.14. The van der Waals surface area contributed by atoms with Gasteiger partial charge in [0.1, 0.15) is 0 Å². The second-order valence-electron chi connectivity index (χ2n) is 6.64. The Balaban J connectivity index is 2.31. The molecular weight excluding hydrogens is 272 g/mol. The second-order valence-corrected chi connectivity index (χ2v) is 6.64. The van der Waals surface area contributed by atoms with Crippen LogP contribution in [0.4, 0.5) is 0 Å². The Bertz CT molecular complexity index is 365. The van der Waals surface area contributed by atoms with E-state index in [-0.39, 0.29) is 30.6 Å². The zero-order valence-electron chi connectivity index (χ0n) is 13.5. The molecule has 2 amide bonds. The highest BCUT2D eigenvalue weighted by Gasteiger charge is 2.28. The summed E-state index contributed by atoms with van der Waals surface area (Å²) in [6, 6.07) is 0.0319. The summed E-state index contributed by atoms with van der Waals surface area (Å²) in [6.07, 6.45) is 0.729. The third-order valence-corrected chi connectivity index (χ3v) is 3.56. The summed E-state index contributed by atoms with van der Waals surface area (Å²) < 4.78 is 5.41. The molecule has 0 aliphatic carbocycles. The molecule has 0 bridgehead atoms. The fraction of sp³-hybridized carbons (Fsp3) is 0.867. The number of carbonyl (C=O) groups excluding carboxylic acids is 2. The maximum absolute atomic E-state index is 12.2. The van der Waals surface area contributed by atoms with Gasteiger partial charge in [-0.15, -0.1) is 0 Å². The minimum absolute atomic E-state index is 0.00460. The van der Waals surface area contributed by atoms with Crippen LogP contribution in [0.5, 0.6) is 0 Å². The molecule has 6 nitrogen and oxygen atoms in total. The lowest BCUT2D eigenvalue weighted by Crippen LogP contribution is -2.52.